The third kappa shape index (κ3) is 1.84. The predicted octanol–water partition coefficient (Wildman–Crippen LogP) is 2.92. The summed E-state index contributed by atoms with van der Waals surface area (Å²) in [7, 11) is 1.81. The Morgan fingerprint density at radius 1 is 1.44 bits per heavy atom. The lowest BCUT2D eigenvalue weighted by molar-refractivity contribution is -0.0375. The lowest BCUT2D eigenvalue weighted by Gasteiger charge is -2.23. The summed E-state index contributed by atoms with van der Waals surface area (Å²) in [5.74, 6) is -0.434. The highest BCUT2D eigenvalue weighted by molar-refractivity contribution is 5.83. The minimum atomic E-state index is -0.434. The van der Waals surface area contributed by atoms with Gasteiger partial charge >= 0.3 is 0 Å². The number of nitrogens with one attached hydrogen (secondary N) is 1. The fraction of sp³-hybridized carbons (Fsp3) is 0.462. The molecule has 1 aliphatic heterocycles. The molecule has 0 bridgehead atoms. The lowest BCUT2D eigenvalue weighted by Crippen LogP contribution is -2.19. The molecule has 0 spiro atoms. The van der Waals surface area contributed by atoms with Gasteiger partial charge in [-0.15, -0.1) is 5.10 Å². The van der Waals surface area contributed by atoms with E-state index in [1.54, 1.807) is 10.7 Å². The Balaban J connectivity index is 2.07. The van der Waals surface area contributed by atoms with Crippen LogP contribution in [0.25, 0.3) is 10.9 Å². The molecule has 0 saturated carbocycles. The maximum absolute atomic E-state index is 13.9. The third-order valence-electron chi connectivity index (χ3n) is 3.38. The Bertz CT molecular complexity index is 561. The standard InChI is InChI=1S/C13H16FN3O/c1-15-9-5-6-11-10(8-9)13(14)16-17(11)12-4-2-3-7-18-12/h5-6,8,12,15H,2-4,7H2,1H3. The number of halogens is 1. The van der Waals surface area contributed by atoms with E-state index < -0.39 is 5.95 Å². The molecule has 0 amide bonds. The van der Waals surface area contributed by atoms with Gasteiger partial charge in [-0.25, -0.2) is 4.68 Å². The highest BCUT2D eigenvalue weighted by Crippen LogP contribution is 2.28. The van der Waals surface area contributed by atoms with Gasteiger partial charge in [-0.2, -0.15) is 4.39 Å². The predicted molar refractivity (Wildman–Crippen MR) is 68.1 cm³/mol. The van der Waals surface area contributed by atoms with Gasteiger partial charge in [0.15, 0.2) is 6.23 Å². The third-order valence-corrected chi connectivity index (χ3v) is 3.38. The minimum Gasteiger partial charge on any atom is -0.388 e. The van der Waals surface area contributed by atoms with Crippen LogP contribution in [0.15, 0.2) is 18.2 Å². The van der Waals surface area contributed by atoms with Gasteiger partial charge in [0.1, 0.15) is 0 Å². The molecule has 1 aromatic carbocycles. The summed E-state index contributed by atoms with van der Waals surface area (Å²) in [5, 5.41) is 7.52. The molecule has 1 unspecified atom stereocenters. The average molecular weight is 249 g/mol. The van der Waals surface area contributed by atoms with E-state index in [-0.39, 0.29) is 6.23 Å². The van der Waals surface area contributed by atoms with Crippen LogP contribution in [-0.2, 0) is 4.74 Å². The van der Waals surface area contributed by atoms with Crippen molar-refractivity contribution in [3.05, 3.63) is 24.1 Å². The molecular weight excluding hydrogens is 233 g/mol. The molecule has 1 saturated heterocycles. The van der Waals surface area contributed by atoms with Crippen molar-refractivity contribution >= 4 is 16.6 Å². The number of aromatic nitrogens is 2. The number of ether oxygens (including phenoxy) is 1. The Morgan fingerprint density at radius 3 is 3.06 bits per heavy atom. The van der Waals surface area contributed by atoms with Gasteiger partial charge in [-0.1, -0.05) is 0 Å². The van der Waals surface area contributed by atoms with Crippen LogP contribution in [0.5, 0.6) is 0 Å². The fourth-order valence-electron chi connectivity index (χ4n) is 2.40. The maximum Gasteiger partial charge on any atom is 0.240 e. The van der Waals surface area contributed by atoms with Crippen molar-refractivity contribution in [1.82, 2.24) is 9.78 Å². The van der Waals surface area contributed by atoms with Crippen LogP contribution in [-0.4, -0.2) is 23.4 Å². The number of anilines is 1. The molecule has 2 heterocycles. The van der Waals surface area contributed by atoms with Crippen molar-refractivity contribution in [3.63, 3.8) is 0 Å². The summed E-state index contributed by atoms with van der Waals surface area (Å²) >= 11 is 0. The molecule has 0 radical (unpaired) electrons. The van der Waals surface area contributed by atoms with Crippen molar-refractivity contribution < 1.29 is 9.13 Å². The summed E-state index contributed by atoms with van der Waals surface area (Å²) in [4.78, 5) is 0. The van der Waals surface area contributed by atoms with E-state index >= 15 is 0 Å². The molecule has 3 rings (SSSR count). The van der Waals surface area contributed by atoms with E-state index in [1.165, 1.54) is 0 Å². The molecule has 2 aromatic rings. The molecule has 1 N–H and O–H groups in total. The molecule has 1 atom stereocenters. The number of hydrogen-bond acceptors (Lipinski definition) is 3. The van der Waals surface area contributed by atoms with Gasteiger partial charge in [0.05, 0.1) is 10.9 Å². The summed E-state index contributed by atoms with van der Waals surface area (Å²) in [6.07, 6.45) is 2.93. The summed E-state index contributed by atoms with van der Waals surface area (Å²) in [5.41, 5.74) is 1.67. The van der Waals surface area contributed by atoms with E-state index in [4.69, 9.17) is 4.74 Å². The van der Waals surface area contributed by atoms with E-state index in [9.17, 15) is 4.39 Å². The first-order valence-corrected chi connectivity index (χ1v) is 6.27. The van der Waals surface area contributed by atoms with Gasteiger partial charge in [0, 0.05) is 19.3 Å². The highest BCUT2D eigenvalue weighted by Gasteiger charge is 2.21. The number of rotatable bonds is 2. The molecule has 5 heteroatoms. The summed E-state index contributed by atoms with van der Waals surface area (Å²) < 4.78 is 21.2. The van der Waals surface area contributed by atoms with Gasteiger partial charge in [0.2, 0.25) is 5.95 Å². The van der Waals surface area contributed by atoms with Crippen molar-refractivity contribution in [2.24, 2.45) is 0 Å². The maximum atomic E-state index is 13.9. The second-order valence-corrected chi connectivity index (χ2v) is 4.54. The number of benzene rings is 1. The topological polar surface area (TPSA) is 39.1 Å². The summed E-state index contributed by atoms with van der Waals surface area (Å²) in [6, 6.07) is 5.58. The molecule has 96 valence electrons. The monoisotopic (exact) mass is 249 g/mol. The minimum absolute atomic E-state index is 0.133. The molecule has 1 fully saturated rings. The van der Waals surface area contributed by atoms with Crippen molar-refractivity contribution in [3.8, 4) is 0 Å². The van der Waals surface area contributed by atoms with Crippen molar-refractivity contribution in [2.45, 2.75) is 25.5 Å². The van der Waals surface area contributed by atoms with Crippen LogP contribution < -0.4 is 5.32 Å². The van der Waals surface area contributed by atoms with Crippen LogP contribution in [0.1, 0.15) is 25.5 Å². The molecule has 0 aliphatic carbocycles. The number of nitrogens with zero attached hydrogens (tertiary/aromatic N) is 2. The Kier molecular flexibility index (Phi) is 2.91. The average Bonchev–Trinajstić information content (AvgIpc) is 2.77. The normalized spacial score (nSPS) is 20.2. The molecular formula is C13H16FN3O. The zero-order chi connectivity index (χ0) is 12.5. The van der Waals surface area contributed by atoms with E-state index in [0.29, 0.717) is 5.39 Å². The van der Waals surface area contributed by atoms with Crippen LogP contribution in [0.2, 0.25) is 0 Å². The van der Waals surface area contributed by atoms with Crippen LogP contribution >= 0.6 is 0 Å². The van der Waals surface area contributed by atoms with Crippen LogP contribution in [0.3, 0.4) is 0 Å². The van der Waals surface area contributed by atoms with Crippen LogP contribution in [0, 0.1) is 5.95 Å². The molecule has 18 heavy (non-hydrogen) atoms. The number of fused-ring (bicyclic) bond motifs is 1. The quantitative estimate of drug-likeness (QED) is 0.889. The highest BCUT2D eigenvalue weighted by atomic mass is 19.1. The molecule has 1 aromatic heterocycles. The lowest BCUT2D eigenvalue weighted by atomic mass is 10.2. The largest absolute Gasteiger partial charge is 0.388 e. The van der Waals surface area contributed by atoms with Gasteiger partial charge in [0.25, 0.3) is 0 Å². The second-order valence-electron chi connectivity index (χ2n) is 4.54. The van der Waals surface area contributed by atoms with Crippen LogP contribution in [0.4, 0.5) is 10.1 Å². The summed E-state index contributed by atoms with van der Waals surface area (Å²) in [6.45, 7) is 0.724. The first-order valence-electron chi connectivity index (χ1n) is 6.27. The van der Waals surface area contributed by atoms with Gasteiger partial charge < -0.3 is 10.1 Å². The first-order chi connectivity index (χ1) is 8.79. The Hall–Kier alpha value is -1.62. The SMILES string of the molecule is CNc1ccc2c(c1)c(F)nn2C1CCCCO1. The second kappa shape index (κ2) is 4.57. The van der Waals surface area contributed by atoms with Crippen molar-refractivity contribution in [1.29, 1.82) is 0 Å². The van der Waals surface area contributed by atoms with E-state index in [2.05, 4.69) is 10.4 Å². The van der Waals surface area contributed by atoms with E-state index in [1.807, 2.05) is 19.2 Å². The van der Waals surface area contributed by atoms with Crippen molar-refractivity contribution in [2.75, 3.05) is 19.0 Å². The van der Waals surface area contributed by atoms with E-state index in [0.717, 1.165) is 37.1 Å². The Morgan fingerprint density at radius 2 is 2.33 bits per heavy atom. The Labute approximate surface area is 105 Å². The van der Waals surface area contributed by atoms with Gasteiger partial charge in [-0.05, 0) is 37.5 Å². The fourth-order valence-corrected chi connectivity index (χ4v) is 2.40. The molecule has 4 nitrogen and oxygen atoms in total. The first kappa shape index (κ1) is 11.5. The number of hydrogen-bond donors (Lipinski definition) is 1. The molecule has 1 aliphatic rings. The smallest absolute Gasteiger partial charge is 0.240 e. The zero-order valence-corrected chi connectivity index (χ0v) is 10.3. The van der Waals surface area contributed by atoms with Gasteiger partial charge in [-0.3, -0.25) is 0 Å². The zero-order valence-electron chi connectivity index (χ0n) is 10.3.